The first-order valence-corrected chi connectivity index (χ1v) is 21.3. The van der Waals surface area contributed by atoms with Crippen molar-refractivity contribution in [2.24, 2.45) is 0 Å². The van der Waals surface area contributed by atoms with Gasteiger partial charge in [-0.05, 0) is 93.2 Å². The molecule has 9 rings (SSSR count). The molecule has 0 aromatic heterocycles. The van der Waals surface area contributed by atoms with Crippen LogP contribution in [0.4, 0.5) is 34.1 Å². The molecule has 1 atom stereocenters. The van der Waals surface area contributed by atoms with Gasteiger partial charge in [-0.25, -0.2) is 0 Å². The molecule has 0 radical (unpaired) electrons. The van der Waals surface area contributed by atoms with Crippen molar-refractivity contribution in [3.8, 4) is 0 Å². The van der Waals surface area contributed by atoms with Gasteiger partial charge in [0.05, 0.1) is 5.69 Å². The van der Waals surface area contributed by atoms with Crippen molar-refractivity contribution in [3.63, 3.8) is 0 Å². The fourth-order valence-electron chi connectivity index (χ4n) is 8.37. The molecule has 0 N–H and O–H groups in total. The number of para-hydroxylation sites is 4. The van der Waals surface area contributed by atoms with E-state index in [1.165, 1.54) is 37.2 Å². The number of anilines is 6. The largest absolute Gasteiger partial charge is 0.311 e. The molecule has 0 heterocycles. The van der Waals surface area contributed by atoms with Crippen molar-refractivity contribution in [3.05, 3.63) is 248 Å². The molecule has 268 valence electrons. The standard InChI is InChI=1S/C53H42N2Si/c1-2-14-33-47(32-13-1)56(48-34-15-6-16-35-48,53-40-20-19-38-52(53)54(43-25-7-3-8-26-43)44-27-9-4-10-28-44)49-36-22-31-46(41-49)55(45-29-11-5-12-30-45)51-39-21-24-42-23-17-18-37-50(42)51/h1-13,15-41H,14H2. The van der Waals surface area contributed by atoms with E-state index in [-0.39, 0.29) is 0 Å². The number of hydrogen-bond acceptors (Lipinski definition) is 2. The summed E-state index contributed by atoms with van der Waals surface area (Å²) < 4.78 is 0. The summed E-state index contributed by atoms with van der Waals surface area (Å²) in [5, 5.41) is 7.75. The number of allylic oxidation sites excluding steroid dienone is 6. The first-order chi connectivity index (χ1) is 27.8. The first kappa shape index (κ1) is 34.8. The maximum absolute atomic E-state index is 3.10. The van der Waals surface area contributed by atoms with Crippen molar-refractivity contribution in [1.82, 2.24) is 0 Å². The Bertz CT molecular complexity index is 2620. The third-order valence-corrected chi connectivity index (χ3v) is 15.6. The molecule has 0 amide bonds. The monoisotopic (exact) mass is 734 g/mol. The lowest BCUT2D eigenvalue weighted by Crippen LogP contribution is -2.69. The highest BCUT2D eigenvalue weighted by Gasteiger charge is 2.45. The number of hydrogen-bond donors (Lipinski definition) is 0. The minimum atomic E-state index is -3.10. The lowest BCUT2D eigenvalue weighted by atomic mass is 10.1. The van der Waals surface area contributed by atoms with Gasteiger partial charge in [0.1, 0.15) is 0 Å². The van der Waals surface area contributed by atoms with E-state index in [1.807, 2.05) is 0 Å². The zero-order chi connectivity index (χ0) is 37.6. The van der Waals surface area contributed by atoms with E-state index in [2.05, 4.69) is 253 Å². The fraction of sp³-hybridized carbons (Fsp3) is 0.0189. The van der Waals surface area contributed by atoms with Gasteiger partial charge in [0.15, 0.2) is 8.07 Å². The molecule has 56 heavy (non-hydrogen) atoms. The molecule has 8 aromatic rings. The van der Waals surface area contributed by atoms with Crippen LogP contribution in [-0.4, -0.2) is 8.07 Å². The Morgan fingerprint density at radius 3 is 1.59 bits per heavy atom. The Morgan fingerprint density at radius 1 is 0.393 bits per heavy atom. The Balaban J connectivity index is 1.37. The molecule has 3 heteroatoms. The lowest BCUT2D eigenvalue weighted by molar-refractivity contribution is 1.29. The van der Waals surface area contributed by atoms with Crippen LogP contribution in [0.15, 0.2) is 248 Å². The van der Waals surface area contributed by atoms with Crippen LogP contribution in [0.1, 0.15) is 6.42 Å². The summed E-state index contributed by atoms with van der Waals surface area (Å²) in [4.78, 5) is 4.87. The quantitative estimate of drug-likeness (QED) is 0.102. The summed E-state index contributed by atoms with van der Waals surface area (Å²) in [7, 11) is -3.10. The van der Waals surface area contributed by atoms with Gasteiger partial charge < -0.3 is 9.80 Å². The molecule has 0 spiro atoms. The van der Waals surface area contributed by atoms with Crippen LogP contribution in [0, 0.1) is 0 Å². The van der Waals surface area contributed by atoms with E-state index in [9.17, 15) is 0 Å². The molecular formula is C53H42N2Si. The Morgan fingerprint density at radius 2 is 0.893 bits per heavy atom. The second-order valence-electron chi connectivity index (χ2n) is 14.0. The Kier molecular flexibility index (Phi) is 9.82. The zero-order valence-electron chi connectivity index (χ0n) is 31.2. The van der Waals surface area contributed by atoms with Crippen LogP contribution >= 0.6 is 0 Å². The van der Waals surface area contributed by atoms with Crippen molar-refractivity contribution in [1.29, 1.82) is 0 Å². The van der Waals surface area contributed by atoms with Crippen LogP contribution in [0.25, 0.3) is 10.8 Å². The summed E-state index contributed by atoms with van der Waals surface area (Å²) in [6, 6.07) is 77.5. The van der Waals surface area contributed by atoms with Gasteiger partial charge in [0.2, 0.25) is 0 Å². The summed E-state index contributed by atoms with van der Waals surface area (Å²) in [6.45, 7) is 0. The number of rotatable bonds is 10. The van der Waals surface area contributed by atoms with E-state index >= 15 is 0 Å². The van der Waals surface area contributed by atoms with E-state index in [0.717, 1.165) is 34.9 Å². The van der Waals surface area contributed by atoms with Gasteiger partial charge in [0.25, 0.3) is 0 Å². The van der Waals surface area contributed by atoms with E-state index in [4.69, 9.17) is 0 Å². The molecule has 0 bridgehead atoms. The molecule has 2 nitrogen and oxygen atoms in total. The molecule has 1 aliphatic rings. The van der Waals surface area contributed by atoms with E-state index in [0.29, 0.717) is 0 Å². The van der Waals surface area contributed by atoms with Crippen LogP contribution in [0.5, 0.6) is 0 Å². The maximum atomic E-state index is 2.48. The van der Waals surface area contributed by atoms with Gasteiger partial charge >= 0.3 is 0 Å². The average Bonchev–Trinajstić information content (AvgIpc) is 3.57. The molecule has 1 unspecified atom stereocenters. The van der Waals surface area contributed by atoms with Crippen molar-refractivity contribution in [2.75, 3.05) is 9.80 Å². The minimum absolute atomic E-state index is 0.860. The molecule has 0 fully saturated rings. The normalized spacial score (nSPS) is 13.4. The van der Waals surface area contributed by atoms with Gasteiger partial charge in [-0.1, -0.05) is 182 Å². The highest BCUT2D eigenvalue weighted by molar-refractivity contribution is 7.17. The number of benzene rings is 8. The average molecular weight is 735 g/mol. The number of nitrogens with zero attached hydrogens (tertiary/aromatic N) is 2. The van der Waals surface area contributed by atoms with Gasteiger partial charge in [-0.2, -0.15) is 0 Å². The van der Waals surface area contributed by atoms with Crippen LogP contribution < -0.4 is 25.4 Å². The van der Waals surface area contributed by atoms with Gasteiger partial charge in [-0.3, -0.25) is 0 Å². The minimum Gasteiger partial charge on any atom is -0.311 e. The number of fused-ring (bicyclic) bond motifs is 1. The van der Waals surface area contributed by atoms with Crippen LogP contribution in [0.3, 0.4) is 0 Å². The summed E-state index contributed by atoms with van der Waals surface area (Å²) in [5.74, 6) is 0. The predicted molar refractivity (Wildman–Crippen MR) is 242 cm³/mol. The predicted octanol–water partition coefficient (Wildman–Crippen LogP) is 12.2. The summed E-state index contributed by atoms with van der Waals surface area (Å²) in [6.07, 6.45) is 12.4. The second-order valence-corrected chi connectivity index (χ2v) is 17.8. The Labute approximate surface area is 331 Å². The van der Waals surface area contributed by atoms with Crippen molar-refractivity contribution >= 4 is 68.5 Å². The van der Waals surface area contributed by atoms with Gasteiger partial charge in [-0.15, -0.1) is 0 Å². The zero-order valence-corrected chi connectivity index (χ0v) is 32.2. The SMILES string of the molecule is C1=CCC=C([Si](c2ccccc2)(c2cccc(N(c3ccccc3)c3cccc4ccccc34)c2)c2ccccc2N(c2ccccc2)c2ccccc2)C=C1. The smallest absolute Gasteiger partial charge is 0.181 e. The van der Waals surface area contributed by atoms with Crippen LogP contribution in [-0.2, 0) is 0 Å². The summed E-state index contributed by atoms with van der Waals surface area (Å²) in [5.41, 5.74) is 6.80. The highest BCUT2D eigenvalue weighted by Crippen LogP contribution is 2.40. The third-order valence-electron chi connectivity index (χ3n) is 10.8. The maximum Gasteiger partial charge on any atom is 0.181 e. The van der Waals surface area contributed by atoms with E-state index in [1.54, 1.807) is 0 Å². The third kappa shape index (κ3) is 6.49. The second kappa shape index (κ2) is 15.8. The van der Waals surface area contributed by atoms with Crippen molar-refractivity contribution in [2.45, 2.75) is 6.42 Å². The van der Waals surface area contributed by atoms with Crippen LogP contribution in [0.2, 0.25) is 0 Å². The molecule has 0 aliphatic heterocycles. The molecule has 8 aromatic carbocycles. The lowest BCUT2D eigenvalue weighted by Gasteiger charge is -2.39. The topological polar surface area (TPSA) is 6.48 Å². The van der Waals surface area contributed by atoms with Gasteiger partial charge in [0, 0.05) is 33.8 Å². The fourth-order valence-corrected chi connectivity index (χ4v) is 13.4. The van der Waals surface area contributed by atoms with Crippen molar-refractivity contribution < 1.29 is 0 Å². The molecule has 1 aliphatic carbocycles. The molecule has 0 saturated heterocycles. The summed E-state index contributed by atoms with van der Waals surface area (Å²) >= 11 is 0. The molecular weight excluding hydrogens is 693 g/mol. The van der Waals surface area contributed by atoms with E-state index < -0.39 is 8.07 Å². The first-order valence-electron chi connectivity index (χ1n) is 19.3. The highest BCUT2D eigenvalue weighted by atomic mass is 28.3. The molecule has 0 saturated carbocycles. The Hall–Kier alpha value is -6.94.